The summed E-state index contributed by atoms with van der Waals surface area (Å²) in [6.45, 7) is 1.14. The van der Waals surface area contributed by atoms with E-state index in [1.54, 1.807) is 18.2 Å². The van der Waals surface area contributed by atoms with E-state index in [2.05, 4.69) is 16.7 Å². The van der Waals surface area contributed by atoms with Gasteiger partial charge in [-0.3, -0.25) is 4.79 Å². The van der Waals surface area contributed by atoms with Gasteiger partial charge in [0, 0.05) is 30.9 Å². The molecule has 2 rings (SSSR count). The number of amides is 1. The molecule has 0 bridgehead atoms. The summed E-state index contributed by atoms with van der Waals surface area (Å²) in [5.41, 5.74) is 3.15. The van der Waals surface area contributed by atoms with Gasteiger partial charge in [0.25, 0.3) is 5.91 Å². The SMILES string of the molecule is N#Cc1cccc(CNc2ccc(C(=O)NCCCO)cc2)c1. The monoisotopic (exact) mass is 309 g/mol. The Balaban J connectivity index is 1.89. The van der Waals surface area contributed by atoms with Gasteiger partial charge in [-0.1, -0.05) is 12.1 Å². The smallest absolute Gasteiger partial charge is 0.251 e. The Morgan fingerprint density at radius 2 is 1.96 bits per heavy atom. The van der Waals surface area contributed by atoms with Crippen LogP contribution in [0.1, 0.15) is 27.9 Å². The molecular weight excluding hydrogens is 290 g/mol. The maximum absolute atomic E-state index is 11.8. The Hall–Kier alpha value is -2.84. The van der Waals surface area contributed by atoms with Gasteiger partial charge < -0.3 is 15.7 Å². The topological polar surface area (TPSA) is 85.2 Å². The molecule has 0 fully saturated rings. The molecule has 0 spiro atoms. The van der Waals surface area contributed by atoms with Crippen molar-refractivity contribution in [1.29, 1.82) is 5.26 Å². The molecule has 0 aliphatic heterocycles. The van der Waals surface area contributed by atoms with E-state index in [1.165, 1.54) is 0 Å². The van der Waals surface area contributed by atoms with Gasteiger partial charge in [-0.05, 0) is 48.4 Å². The van der Waals surface area contributed by atoms with Crippen molar-refractivity contribution in [2.75, 3.05) is 18.5 Å². The highest BCUT2D eigenvalue weighted by Gasteiger charge is 2.04. The molecule has 0 saturated carbocycles. The second-order valence-corrected chi connectivity index (χ2v) is 5.08. The number of carbonyl (C=O) groups is 1. The van der Waals surface area contributed by atoms with Gasteiger partial charge in [0.1, 0.15) is 0 Å². The number of aliphatic hydroxyl groups excluding tert-OH is 1. The first-order valence-corrected chi connectivity index (χ1v) is 7.45. The third-order valence-corrected chi connectivity index (χ3v) is 3.32. The molecule has 0 atom stereocenters. The van der Waals surface area contributed by atoms with Crippen LogP contribution in [0, 0.1) is 11.3 Å². The van der Waals surface area contributed by atoms with Crippen LogP contribution in [0.15, 0.2) is 48.5 Å². The number of anilines is 1. The number of nitriles is 1. The van der Waals surface area contributed by atoms with Gasteiger partial charge in [-0.2, -0.15) is 5.26 Å². The van der Waals surface area contributed by atoms with Crippen molar-refractivity contribution in [3.05, 3.63) is 65.2 Å². The van der Waals surface area contributed by atoms with Crippen molar-refractivity contribution in [3.63, 3.8) is 0 Å². The molecule has 23 heavy (non-hydrogen) atoms. The minimum absolute atomic E-state index is 0.0656. The molecule has 0 radical (unpaired) electrons. The number of benzene rings is 2. The fraction of sp³-hybridized carbons (Fsp3) is 0.222. The average Bonchev–Trinajstić information content (AvgIpc) is 2.60. The highest BCUT2D eigenvalue weighted by Crippen LogP contribution is 2.12. The minimum atomic E-state index is -0.147. The summed E-state index contributed by atoms with van der Waals surface area (Å²) in [5, 5.41) is 23.6. The van der Waals surface area contributed by atoms with E-state index in [0.717, 1.165) is 11.3 Å². The number of nitrogens with zero attached hydrogens (tertiary/aromatic N) is 1. The summed E-state index contributed by atoms with van der Waals surface area (Å²) in [7, 11) is 0. The zero-order chi connectivity index (χ0) is 16.5. The first-order valence-electron chi connectivity index (χ1n) is 7.45. The lowest BCUT2D eigenvalue weighted by Crippen LogP contribution is -2.24. The zero-order valence-corrected chi connectivity index (χ0v) is 12.7. The predicted octanol–water partition coefficient (Wildman–Crippen LogP) is 2.28. The molecule has 5 nitrogen and oxygen atoms in total. The van der Waals surface area contributed by atoms with Gasteiger partial charge in [0.2, 0.25) is 0 Å². The van der Waals surface area contributed by atoms with Gasteiger partial charge >= 0.3 is 0 Å². The molecule has 5 heteroatoms. The summed E-state index contributed by atoms with van der Waals surface area (Å²) in [6.07, 6.45) is 0.549. The van der Waals surface area contributed by atoms with Crippen LogP contribution in [0.4, 0.5) is 5.69 Å². The molecule has 3 N–H and O–H groups in total. The van der Waals surface area contributed by atoms with Gasteiger partial charge in [0.15, 0.2) is 0 Å². The van der Waals surface area contributed by atoms with Crippen LogP contribution >= 0.6 is 0 Å². The number of carbonyl (C=O) groups excluding carboxylic acids is 1. The lowest BCUT2D eigenvalue weighted by molar-refractivity contribution is 0.0951. The highest BCUT2D eigenvalue weighted by molar-refractivity contribution is 5.94. The third kappa shape index (κ3) is 5.13. The third-order valence-electron chi connectivity index (χ3n) is 3.32. The Morgan fingerprint density at radius 3 is 2.65 bits per heavy atom. The van der Waals surface area contributed by atoms with E-state index in [4.69, 9.17) is 10.4 Å². The van der Waals surface area contributed by atoms with Gasteiger partial charge in [-0.15, -0.1) is 0 Å². The molecule has 0 aliphatic rings. The second kappa shape index (κ2) is 8.57. The standard InChI is InChI=1S/C18H19N3O2/c19-12-14-3-1-4-15(11-14)13-21-17-7-5-16(6-8-17)18(23)20-9-2-10-22/h1,3-8,11,21-22H,2,9-10,13H2,(H,20,23). The molecule has 0 aliphatic carbocycles. The van der Waals surface area contributed by atoms with Crippen LogP contribution in [0.5, 0.6) is 0 Å². The Kier molecular flexibility index (Phi) is 6.16. The molecule has 118 valence electrons. The van der Waals surface area contributed by atoms with E-state index >= 15 is 0 Å². The van der Waals surface area contributed by atoms with Crippen LogP contribution in [-0.2, 0) is 6.54 Å². The summed E-state index contributed by atoms with van der Waals surface area (Å²) in [4.78, 5) is 11.8. The summed E-state index contributed by atoms with van der Waals surface area (Å²) in [6, 6.07) is 16.7. The Morgan fingerprint density at radius 1 is 1.17 bits per heavy atom. The molecule has 0 aromatic heterocycles. The van der Waals surface area contributed by atoms with Crippen molar-refractivity contribution >= 4 is 11.6 Å². The molecule has 1 amide bonds. The molecule has 0 saturated heterocycles. The summed E-state index contributed by atoms with van der Waals surface area (Å²) < 4.78 is 0. The number of aliphatic hydroxyl groups is 1. The summed E-state index contributed by atoms with van der Waals surface area (Å²) in [5.74, 6) is -0.147. The van der Waals surface area contributed by atoms with E-state index in [-0.39, 0.29) is 12.5 Å². The first-order chi connectivity index (χ1) is 11.2. The zero-order valence-electron chi connectivity index (χ0n) is 12.7. The lowest BCUT2D eigenvalue weighted by atomic mass is 10.1. The Bertz CT molecular complexity index is 690. The average molecular weight is 309 g/mol. The minimum Gasteiger partial charge on any atom is -0.396 e. The van der Waals surface area contributed by atoms with Crippen LogP contribution in [0.25, 0.3) is 0 Å². The predicted molar refractivity (Wildman–Crippen MR) is 89.0 cm³/mol. The van der Waals surface area contributed by atoms with E-state index in [1.807, 2.05) is 30.3 Å². The largest absolute Gasteiger partial charge is 0.396 e. The second-order valence-electron chi connectivity index (χ2n) is 5.08. The fourth-order valence-electron chi connectivity index (χ4n) is 2.08. The quantitative estimate of drug-likeness (QED) is 0.685. The van der Waals surface area contributed by atoms with E-state index in [9.17, 15) is 4.79 Å². The number of nitrogens with one attached hydrogen (secondary N) is 2. The maximum Gasteiger partial charge on any atom is 0.251 e. The van der Waals surface area contributed by atoms with Crippen molar-refractivity contribution in [3.8, 4) is 6.07 Å². The van der Waals surface area contributed by atoms with Crippen molar-refractivity contribution in [2.24, 2.45) is 0 Å². The molecule has 2 aromatic rings. The van der Waals surface area contributed by atoms with Crippen LogP contribution in [-0.4, -0.2) is 24.2 Å². The molecular formula is C18H19N3O2. The number of rotatable bonds is 7. The maximum atomic E-state index is 11.8. The van der Waals surface area contributed by atoms with Gasteiger partial charge in [0.05, 0.1) is 11.6 Å². The van der Waals surface area contributed by atoms with Crippen molar-refractivity contribution in [1.82, 2.24) is 5.32 Å². The molecule has 2 aromatic carbocycles. The van der Waals surface area contributed by atoms with Crippen LogP contribution in [0.3, 0.4) is 0 Å². The van der Waals surface area contributed by atoms with Crippen LogP contribution in [0.2, 0.25) is 0 Å². The summed E-state index contributed by atoms with van der Waals surface area (Å²) >= 11 is 0. The van der Waals surface area contributed by atoms with E-state index in [0.29, 0.717) is 30.6 Å². The van der Waals surface area contributed by atoms with Crippen molar-refractivity contribution in [2.45, 2.75) is 13.0 Å². The van der Waals surface area contributed by atoms with Crippen molar-refractivity contribution < 1.29 is 9.90 Å². The molecule has 0 unspecified atom stereocenters. The fourth-order valence-corrected chi connectivity index (χ4v) is 2.08. The van der Waals surface area contributed by atoms with E-state index < -0.39 is 0 Å². The lowest BCUT2D eigenvalue weighted by Gasteiger charge is -2.08. The number of hydrogen-bond acceptors (Lipinski definition) is 4. The highest BCUT2D eigenvalue weighted by atomic mass is 16.3. The first kappa shape index (κ1) is 16.5. The molecule has 0 heterocycles. The normalized spacial score (nSPS) is 9.91. The Labute approximate surface area is 135 Å². The van der Waals surface area contributed by atoms with Gasteiger partial charge in [-0.25, -0.2) is 0 Å². The number of hydrogen-bond donors (Lipinski definition) is 3. The van der Waals surface area contributed by atoms with Crippen LogP contribution < -0.4 is 10.6 Å².